The smallest absolute Gasteiger partial charge is 0.326 e. The Bertz CT molecular complexity index is 526. The number of nitrogens with one attached hydrogen (secondary N) is 1. The lowest BCUT2D eigenvalue weighted by Gasteiger charge is -2.27. The number of methoxy groups -OCH3 is 1. The molecule has 21 heavy (non-hydrogen) atoms. The second kappa shape index (κ2) is 6.75. The number of carbonyl (C=O) groups excluding carboxylic acids is 1. The quantitative estimate of drug-likeness (QED) is 0.847. The molecule has 6 heteroatoms. The summed E-state index contributed by atoms with van der Waals surface area (Å²) in [5, 5.41) is 3.31. The zero-order valence-corrected chi connectivity index (χ0v) is 12.9. The molecule has 3 nitrogen and oxygen atoms in total. The number of benzene rings is 1. The van der Waals surface area contributed by atoms with Gasteiger partial charge < -0.3 is 10.1 Å². The molecule has 1 saturated carbocycles. The highest BCUT2D eigenvalue weighted by atomic mass is 32.2. The monoisotopic (exact) mass is 315 g/mol. The Hall–Kier alpha value is -1.14. The van der Waals surface area contributed by atoms with Gasteiger partial charge in [-0.3, -0.25) is 4.79 Å². The van der Waals surface area contributed by atoms with Gasteiger partial charge in [0.15, 0.2) is 0 Å². The SMILES string of the molecule is CCNC1(C(=O)OC)CCC(Sc2ccc(F)cc2F)C1. The lowest BCUT2D eigenvalue weighted by molar-refractivity contribution is -0.148. The fourth-order valence-corrected chi connectivity index (χ4v) is 4.08. The van der Waals surface area contributed by atoms with Crippen LogP contribution in [0.1, 0.15) is 26.2 Å². The summed E-state index contributed by atoms with van der Waals surface area (Å²) < 4.78 is 31.5. The Morgan fingerprint density at radius 1 is 1.52 bits per heavy atom. The summed E-state index contributed by atoms with van der Waals surface area (Å²) in [6, 6.07) is 3.58. The third-order valence-corrected chi connectivity index (χ3v) is 5.07. The van der Waals surface area contributed by atoms with Crippen LogP contribution in [-0.2, 0) is 9.53 Å². The van der Waals surface area contributed by atoms with Crippen LogP contribution in [0.25, 0.3) is 0 Å². The van der Waals surface area contributed by atoms with E-state index in [1.54, 1.807) is 0 Å². The first-order valence-corrected chi connectivity index (χ1v) is 7.84. The number of likely N-dealkylation sites (N-methyl/N-ethyl adjacent to an activating group) is 1. The van der Waals surface area contributed by atoms with Gasteiger partial charge in [-0.05, 0) is 37.9 Å². The van der Waals surface area contributed by atoms with E-state index >= 15 is 0 Å². The van der Waals surface area contributed by atoms with Gasteiger partial charge in [0, 0.05) is 16.2 Å². The number of rotatable bonds is 5. The Morgan fingerprint density at radius 3 is 2.90 bits per heavy atom. The molecule has 2 unspecified atom stereocenters. The molecule has 1 fully saturated rings. The van der Waals surface area contributed by atoms with E-state index in [2.05, 4.69) is 5.32 Å². The maximum Gasteiger partial charge on any atom is 0.326 e. The predicted octanol–water partition coefficient (Wildman–Crippen LogP) is 3.13. The normalized spacial score (nSPS) is 25.0. The topological polar surface area (TPSA) is 38.3 Å². The molecule has 2 rings (SSSR count). The van der Waals surface area contributed by atoms with Gasteiger partial charge in [0.1, 0.15) is 17.2 Å². The molecule has 0 heterocycles. The van der Waals surface area contributed by atoms with E-state index < -0.39 is 17.2 Å². The fraction of sp³-hybridized carbons (Fsp3) is 0.533. The highest BCUT2D eigenvalue weighted by molar-refractivity contribution is 8.00. The number of hydrogen-bond acceptors (Lipinski definition) is 4. The van der Waals surface area contributed by atoms with E-state index in [0.29, 0.717) is 24.3 Å². The molecule has 1 aliphatic rings. The van der Waals surface area contributed by atoms with Gasteiger partial charge in [0.05, 0.1) is 7.11 Å². The first kappa shape index (κ1) is 16.2. The summed E-state index contributed by atoms with van der Waals surface area (Å²) in [6.45, 7) is 2.60. The van der Waals surface area contributed by atoms with Crippen molar-refractivity contribution >= 4 is 17.7 Å². The average Bonchev–Trinajstić information content (AvgIpc) is 2.86. The average molecular weight is 315 g/mol. The van der Waals surface area contributed by atoms with Crippen molar-refractivity contribution in [2.75, 3.05) is 13.7 Å². The summed E-state index contributed by atoms with van der Waals surface area (Å²) >= 11 is 1.35. The van der Waals surface area contributed by atoms with E-state index in [1.807, 2.05) is 6.92 Å². The summed E-state index contributed by atoms with van der Waals surface area (Å²) in [6.07, 6.45) is 2.02. The van der Waals surface area contributed by atoms with Crippen molar-refractivity contribution in [1.29, 1.82) is 0 Å². The Labute approximate surface area is 127 Å². The Kier molecular flexibility index (Phi) is 5.22. The molecule has 116 valence electrons. The Balaban J connectivity index is 2.08. The number of carbonyl (C=O) groups is 1. The van der Waals surface area contributed by atoms with Crippen molar-refractivity contribution in [2.24, 2.45) is 0 Å². The number of halogens is 2. The van der Waals surface area contributed by atoms with E-state index in [1.165, 1.54) is 31.0 Å². The largest absolute Gasteiger partial charge is 0.468 e. The molecule has 0 amide bonds. The lowest BCUT2D eigenvalue weighted by Crippen LogP contribution is -2.50. The van der Waals surface area contributed by atoms with Gasteiger partial charge in [0.2, 0.25) is 0 Å². The minimum atomic E-state index is -0.683. The maximum atomic E-state index is 13.7. The number of esters is 1. The molecular formula is C15H19F2NO2S. The lowest BCUT2D eigenvalue weighted by atomic mass is 9.98. The first-order valence-electron chi connectivity index (χ1n) is 6.96. The fourth-order valence-electron chi connectivity index (χ4n) is 2.80. The molecule has 1 N–H and O–H groups in total. The summed E-state index contributed by atoms with van der Waals surface area (Å²) in [7, 11) is 1.38. The van der Waals surface area contributed by atoms with Crippen LogP contribution in [0.3, 0.4) is 0 Å². The zero-order valence-electron chi connectivity index (χ0n) is 12.1. The zero-order chi connectivity index (χ0) is 15.5. The van der Waals surface area contributed by atoms with Crippen LogP contribution in [0.15, 0.2) is 23.1 Å². The molecule has 0 spiro atoms. The van der Waals surface area contributed by atoms with Crippen molar-refractivity contribution in [3.63, 3.8) is 0 Å². The minimum absolute atomic E-state index is 0.100. The van der Waals surface area contributed by atoms with Crippen LogP contribution in [0.4, 0.5) is 8.78 Å². The second-order valence-corrected chi connectivity index (χ2v) is 6.50. The maximum absolute atomic E-state index is 13.7. The minimum Gasteiger partial charge on any atom is -0.468 e. The van der Waals surface area contributed by atoms with Crippen LogP contribution in [0, 0.1) is 11.6 Å². The van der Waals surface area contributed by atoms with E-state index in [9.17, 15) is 13.6 Å². The van der Waals surface area contributed by atoms with Crippen LogP contribution in [0.5, 0.6) is 0 Å². The summed E-state index contributed by atoms with van der Waals surface area (Å²) in [5.41, 5.74) is -0.683. The third kappa shape index (κ3) is 3.55. The van der Waals surface area contributed by atoms with Crippen molar-refractivity contribution in [3.05, 3.63) is 29.8 Å². The molecule has 2 atom stereocenters. The van der Waals surface area contributed by atoms with Gasteiger partial charge in [-0.25, -0.2) is 8.78 Å². The Morgan fingerprint density at radius 2 is 2.29 bits per heavy atom. The summed E-state index contributed by atoms with van der Waals surface area (Å²) in [4.78, 5) is 12.4. The third-order valence-electron chi connectivity index (χ3n) is 3.75. The molecule has 0 bridgehead atoms. The van der Waals surface area contributed by atoms with E-state index in [4.69, 9.17) is 4.74 Å². The van der Waals surface area contributed by atoms with Crippen LogP contribution < -0.4 is 5.32 Å². The molecule has 1 aliphatic carbocycles. The highest BCUT2D eigenvalue weighted by Gasteiger charge is 2.46. The first-order chi connectivity index (χ1) is 10.0. The van der Waals surface area contributed by atoms with Gasteiger partial charge >= 0.3 is 5.97 Å². The van der Waals surface area contributed by atoms with Crippen LogP contribution in [0.2, 0.25) is 0 Å². The van der Waals surface area contributed by atoms with Crippen molar-refractivity contribution in [1.82, 2.24) is 5.32 Å². The molecule has 1 aromatic carbocycles. The van der Waals surface area contributed by atoms with Gasteiger partial charge in [0.25, 0.3) is 0 Å². The standard InChI is InChI=1S/C15H19F2NO2S/c1-3-18-15(14(19)20-2)7-6-11(9-15)21-13-5-4-10(16)8-12(13)17/h4-5,8,11,18H,3,6-7,9H2,1-2H3. The van der Waals surface area contributed by atoms with Crippen molar-refractivity contribution in [2.45, 2.75) is 41.9 Å². The number of ether oxygens (including phenoxy) is 1. The van der Waals surface area contributed by atoms with E-state index in [0.717, 1.165) is 12.5 Å². The van der Waals surface area contributed by atoms with E-state index in [-0.39, 0.29) is 11.2 Å². The molecule has 1 aromatic rings. The van der Waals surface area contributed by atoms with Gasteiger partial charge in [-0.15, -0.1) is 11.8 Å². The highest BCUT2D eigenvalue weighted by Crippen LogP contribution is 2.41. The molecule has 0 radical (unpaired) electrons. The number of hydrogen-bond donors (Lipinski definition) is 1. The predicted molar refractivity (Wildman–Crippen MR) is 78.3 cm³/mol. The molecule has 0 saturated heterocycles. The summed E-state index contributed by atoms with van der Waals surface area (Å²) in [5.74, 6) is -1.41. The molecule has 0 aromatic heterocycles. The second-order valence-electron chi connectivity index (χ2n) is 5.16. The molecular weight excluding hydrogens is 296 g/mol. The van der Waals surface area contributed by atoms with Crippen molar-refractivity contribution < 1.29 is 18.3 Å². The van der Waals surface area contributed by atoms with Crippen molar-refractivity contribution in [3.8, 4) is 0 Å². The van der Waals surface area contributed by atoms with Gasteiger partial charge in [-0.2, -0.15) is 0 Å². The van der Waals surface area contributed by atoms with Gasteiger partial charge in [-0.1, -0.05) is 6.92 Å². The number of thioether (sulfide) groups is 1. The van der Waals surface area contributed by atoms with Crippen LogP contribution >= 0.6 is 11.8 Å². The molecule has 0 aliphatic heterocycles. The van der Waals surface area contributed by atoms with Crippen LogP contribution in [-0.4, -0.2) is 30.4 Å².